The smallest absolute Gasteiger partial charge is 0.216 e. The molecule has 3 heteroatoms. The lowest BCUT2D eigenvalue weighted by molar-refractivity contribution is -0.667. The van der Waals surface area contributed by atoms with E-state index >= 15 is 0 Å². The Bertz CT molecular complexity index is 1650. The van der Waals surface area contributed by atoms with Gasteiger partial charge in [0.25, 0.3) is 0 Å². The molecule has 0 amide bonds. The molecule has 1 aliphatic rings. The molecular formula is C33H31N2O+. The first-order valence-corrected chi connectivity index (χ1v) is 13.0. The molecule has 6 rings (SSSR count). The number of aromatic nitrogens is 1. The highest BCUT2D eigenvalue weighted by Crippen LogP contribution is 2.44. The van der Waals surface area contributed by atoms with E-state index in [1.165, 1.54) is 54.6 Å². The van der Waals surface area contributed by atoms with Crippen molar-refractivity contribution >= 4 is 27.6 Å². The lowest BCUT2D eigenvalue weighted by atomic mass is 9.83. The standard InChI is InChI=1S/C33H31N2O/c1-21-15-16-26-27-17-19-28(34-3)31(24-13-9-6-10-14-24)33(27)36-32(26)30(21)29-20-18-25(22(2)35(29)4)23-11-7-5-8-12-23/h6,9-10,13-20,23H,5,7-8,11-12H2,1-2,4H3/q+1. The van der Waals surface area contributed by atoms with Gasteiger partial charge in [-0.05, 0) is 42.9 Å². The summed E-state index contributed by atoms with van der Waals surface area (Å²) in [6, 6.07) is 23.1. The summed E-state index contributed by atoms with van der Waals surface area (Å²) in [5, 5.41) is 2.14. The van der Waals surface area contributed by atoms with Gasteiger partial charge in [0, 0.05) is 34.9 Å². The van der Waals surface area contributed by atoms with Crippen LogP contribution in [0, 0.1) is 20.4 Å². The van der Waals surface area contributed by atoms with Crippen molar-refractivity contribution in [3.05, 3.63) is 95.0 Å². The molecule has 0 radical (unpaired) electrons. The normalized spacial score (nSPS) is 14.4. The number of fused-ring (bicyclic) bond motifs is 3. The van der Waals surface area contributed by atoms with Gasteiger partial charge < -0.3 is 4.42 Å². The largest absolute Gasteiger partial charge is 0.456 e. The molecule has 0 aliphatic heterocycles. The van der Waals surface area contributed by atoms with E-state index in [1.54, 1.807) is 0 Å². The van der Waals surface area contributed by atoms with Gasteiger partial charge in [-0.2, -0.15) is 4.57 Å². The van der Waals surface area contributed by atoms with Gasteiger partial charge in [0.15, 0.2) is 11.4 Å². The van der Waals surface area contributed by atoms with E-state index in [4.69, 9.17) is 11.0 Å². The van der Waals surface area contributed by atoms with Crippen LogP contribution in [0.25, 0.3) is 49.2 Å². The Labute approximate surface area is 212 Å². The molecule has 0 saturated heterocycles. The second-order valence-corrected chi connectivity index (χ2v) is 10.2. The molecule has 0 bridgehead atoms. The van der Waals surface area contributed by atoms with E-state index in [0.29, 0.717) is 11.6 Å². The van der Waals surface area contributed by atoms with Crippen LogP contribution in [-0.4, -0.2) is 0 Å². The van der Waals surface area contributed by atoms with Gasteiger partial charge in [0.2, 0.25) is 5.69 Å². The zero-order chi connectivity index (χ0) is 24.8. The second kappa shape index (κ2) is 8.95. The van der Waals surface area contributed by atoms with Gasteiger partial charge >= 0.3 is 0 Å². The molecule has 1 saturated carbocycles. The lowest BCUT2D eigenvalue weighted by Crippen LogP contribution is -2.36. The molecule has 1 aliphatic carbocycles. The molecule has 1 fully saturated rings. The number of pyridine rings is 1. The van der Waals surface area contributed by atoms with Gasteiger partial charge in [-0.25, -0.2) is 4.85 Å². The number of furan rings is 1. The van der Waals surface area contributed by atoms with Gasteiger partial charge in [0.1, 0.15) is 18.2 Å². The SMILES string of the molecule is [C-]#[N+]c1ccc2c(oc3c(-c4ccc(C5CCCCC5)c(C)[n+]4C)c(C)ccc32)c1-c1ccccc1. The maximum Gasteiger partial charge on any atom is 0.216 e. The summed E-state index contributed by atoms with van der Waals surface area (Å²) in [4.78, 5) is 3.83. The van der Waals surface area contributed by atoms with Crippen LogP contribution in [0.3, 0.4) is 0 Å². The van der Waals surface area contributed by atoms with Gasteiger partial charge in [-0.3, -0.25) is 0 Å². The average molecular weight is 472 g/mol. The fraction of sp³-hybridized carbons (Fsp3) is 0.273. The maximum absolute atomic E-state index is 7.79. The van der Waals surface area contributed by atoms with Crippen LogP contribution in [0.5, 0.6) is 0 Å². The third-order valence-corrected chi connectivity index (χ3v) is 8.18. The summed E-state index contributed by atoms with van der Waals surface area (Å²) >= 11 is 0. The lowest BCUT2D eigenvalue weighted by Gasteiger charge is -2.22. The zero-order valence-electron chi connectivity index (χ0n) is 21.3. The predicted molar refractivity (Wildman–Crippen MR) is 147 cm³/mol. The highest BCUT2D eigenvalue weighted by molar-refractivity contribution is 6.15. The van der Waals surface area contributed by atoms with Crippen molar-refractivity contribution in [1.29, 1.82) is 0 Å². The Kier molecular flexibility index (Phi) is 5.61. The van der Waals surface area contributed by atoms with E-state index in [0.717, 1.165) is 38.6 Å². The molecule has 0 spiro atoms. The predicted octanol–water partition coefficient (Wildman–Crippen LogP) is 8.96. The van der Waals surface area contributed by atoms with Crippen molar-refractivity contribution in [2.45, 2.75) is 51.9 Å². The minimum atomic E-state index is 0.615. The molecule has 2 aromatic heterocycles. The van der Waals surface area contributed by atoms with Crippen molar-refractivity contribution in [3.8, 4) is 22.4 Å². The zero-order valence-corrected chi connectivity index (χ0v) is 21.3. The first-order valence-electron chi connectivity index (χ1n) is 13.0. The topological polar surface area (TPSA) is 21.4 Å². The van der Waals surface area contributed by atoms with Crippen molar-refractivity contribution in [3.63, 3.8) is 0 Å². The summed E-state index contributed by atoms with van der Waals surface area (Å²) in [7, 11) is 2.18. The minimum Gasteiger partial charge on any atom is -0.456 e. The minimum absolute atomic E-state index is 0.615. The van der Waals surface area contributed by atoms with Crippen molar-refractivity contribution < 1.29 is 8.98 Å². The molecule has 0 N–H and O–H groups in total. The number of aryl methyl sites for hydroxylation is 1. The molecule has 0 atom stereocenters. The Morgan fingerprint density at radius 3 is 2.22 bits per heavy atom. The monoisotopic (exact) mass is 471 g/mol. The molecule has 3 nitrogen and oxygen atoms in total. The fourth-order valence-corrected chi connectivity index (χ4v) is 6.16. The van der Waals surface area contributed by atoms with Crippen molar-refractivity contribution in [2.75, 3.05) is 0 Å². The summed E-state index contributed by atoms with van der Waals surface area (Å²) in [6.07, 6.45) is 6.63. The maximum atomic E-state index is 7.79. The first kappa shape index (κ1) is 22.6. The molecule has 0 unspecified atom stereocenters. The summed E-state index contributed by atoms with van der Waals surface area (Å²) in [6.45, 7) is 12.2. The Morgan fingerprint density at radius 1 is 0.806 bits per heavy atom. The van der Waals surface area contributed by atoms with Crippen LogP contribution in [0.4, 0.5) is 5.69 Å². The van der Waals surface area contributed by atoms with Crippen molar-refractivity contribution in [2.24, 2.45) is 7.05 Å². The molecule has 36 heavy (non-hydrogen) atoms. The molecule has 2 heterocycles. The number of nitrogens with zero attached hydrogens (tertiary/aromatic N) is 2. The van der Waals surface area contributed by atoms with E-state index < -0.39 is 0 Å². The van der Waals surface area contributed by atoms with Crippen LogP contribution in [0.2, 0.25) is 0 Å². The fourth-order valence-electron chi connectivity index (χ4n) is 6.16. The number of rotatable bonds is 3. The Morgan fingerprint density at radius 2 is 1.50 bits per heavy atom. The number of hydrogen-bond donors (Lipinski definition) is 0. The molecular weight excluding hydrogens is 440 g/mol. The molecule has 5 aromatic rings. The van der Waals surface area contributed by atoms with Crippen LogP contribution >= 0.6 is 0 Å². The van der Waals surface area contributed by atoms with Gasteiger partial charge in [0.05, 0.1) is 12.1 Å². The quantitative estimate of drug-likeness (QED) is 0.190. The Balaban J connectivity index is 1.60. The van der Waals surface area contributed by atoms with Gasteiger partial charge in [-0.15, -0.1) is 0 Å². The van der Waals surface area contributed by atoms with E-state index in [1.807, 2.05) is 30.3 Å². The third kappa shape index (κ3) is 3.52. The highest BCUT2D eigenvalue weighted by Gasteiger charge is 2.27. The average Bonchev–Trinajstić information content (AvgIpc) is 3.29. The van der Waals surface area contributed by atoms with E-state index in [-0.39, 0.29) is 0 Å². The summed E-state index contributed by atoms with van der Waals surface area (Å²) in [5.74, 6) is 0.669. The van der Waals surface area contributed by atoms with Crippen LogP contribution < -0.4 is 4.57 Å². The van der Waals surface area contributed by atoms with E-state index in [2.05, 4.69) is 66.7 Å². The van der Waals surface area contributed by atoms with Crippen LogP contribution in [0.15, 0.2) is 71.1 Å². The summed E-state index contributed by atoms with van der Waals surface area (Å²) < 4.78 is 9.08. The first-order chi connectivity index (χ1) is 17.6. The van der Waals surface area contributed by atoms with Crippen molar-refractivity contribution in [1.82, 2.24) is 0 Å². The third-order valence-electron chi connectivity index (χ3n) is 8.18. The van der Waals surface area contributed by atoms with Crippen LogP contribution in [0.1, 0.15) is 54.8 Å². The number of benzene rings is 3. The molecule has 178 valence electrons. The van der Waals surface area contributed by atoms with Gasteiger partial charge in [-0.1, -0.05) is 73.9 Å². The Hall–Kier alpha value is -3.90. The molecule has 3 aromatic carbocycles. The van der Waals surface area contributed by atoms with Crippen LogP contribution in [-0.2, 0) is 7.05 Å². The number of hydrogen-bond acceptors (Lipinski definition) is 1. The van der Waals surface area contributed by atoms with E-state index in [9.17, 15) is 0 Å². The highest BCUT2D eigenvalue weighted by atomic mass is 16.3. The summed E-state index contributed by atoms with van der Waals surface area (Å²) in [5.41, 5.74) is 10.5. The second-order valence-electron chi connectivity index (χ2n) is 10.2.